The topological polar surface area (TPSA) is 96.0 Å². The number of esters is 1. The van der Waals surface area contributed by atoms with Gasteiger partial charge < -0.3 is 18.7 Å². The maximum atomic E-state index is 12.5. The first-order valence-electron chi connectivity index (χ1n) is 7.40. The molecule has 1 aliphatic carbocycles. The van der Waals surface area contributed by atoms with E-state index in [4.69, 9.17) is 19.2 Å². The van der Waals surface area contributed by atoms with Gasteiger partial charge in [0.25, 0.3) is 0 Å². The molecule has 0 N–H and O–H groups in total. The van der Waals surface area contributed by atoms with Crippen LogP contribution in [-0.2, 0) is 18.6 Å². The molecule has 0 aliphatic heterocycles. The minimum atomic E-state index is -3.94. The van der Waals surface area contributed by atoms with E-state index in [2.05, 4.69) is 4.98 Å². The first kappa shape index (κ1) is 18.1. The van der Waals surface area contributed by atoms with Crippen LogP contribution in [0.15, 0.2) is 0 Å². The molecule has 0 aromatic heterocycles. The van der Waals surface area contributed by atoms with Crippen LogP contribution in [0, 0.1) is 5.39 Å². The fourth-order valence-corrected chi connectivity index (χ4v) is 3.66. The first-order chi connectivity index (χ1) is 10.1. The van der Waals surface area contributed by atoms with Gasteiger partial charge >= 0.3 is 11.4 Å². The molecular formula is C13H23N2O5P. The number of hydrogen-bond acceptors (Lipinski definition) is 6. The lowest BCUT2D eigenvalue weighted by Crippen LogP contribution is -2.27. The Hall–Kier alpha value is -0.930. The van der Waals surface area contributed by atoms with Crippen molar-refractivity contribution >= 4 is 19.0 Å². The molecule has 1 rings (SSSR count). The van der Waals surface area contributed by atoms with E-state index in [0.29, 0.717) is 0 Å². The lowest BCUT2D eigenvalue weighted by atomic mass is 10.1. The quantitative estimate of drug-likeness (QED) is 0.323. The third kappa shape index (κ3) is 5.40. The Labute approximate surface area is 125 Å². The second-order valence-electron chi connectivity index (χ2n) is 4.78. The monoisotopic (exact) mass is 318 g/mol. The van der Waals surface area contributed by atoms with Gasteiger partial charge in [-0.3, -0.25) is 0 Å². The molecule has 0 saturated heterocycles. The molecule has 0 aromatic rings. The second-order valence-corrected chi connectivity index (χ2v) is 6.71. The lowest BCUT2D eigenvalue weighted by molar-refractivity contribution is -0.207. The smallest absolute Gasteiger partial charge is 0.494 e. The van der Waals surface area contributed by atoms with E-state index in [1.54, 1.807) is 13.8 Å². The van der Waals surface area contributed by atoms with Crippen molar-refractivity contribution in [2.45, 2.75) is 58.5 Å². The van der Waals surface area contributed by atoms with Crippen molar-refractivity contribution in [2.75, 3.05) is 13.2 Å². The zero-order chi connectivity index (χ0) is 15.7. The number of ether oxygens (including phenoxy) is 1. The van der Waals surface area contributed by atoms with Gasteiger partial charge in [-0.1, -0.05) is 12.8 Å². The molecule has 0 unspecified atom stereocenters. The second kappa shape index (κ2) is 9.16. The third-order valence-electron chi connectivity index (χ3n) is 3.21. The molecule has 0 heterocycles. The summed E-state index contributed by atoms with van der Waals surface area (Å²) >= 11 is 0. The first-order valence-corrected chi connectivity index (χ1v) is 8.94. The van der Waals surface area contributed by atoms with Gasteiger partial charge in [-0.15, -0.1) is 0 Å². The normalized spacial score (nSPS) is 16.9. The van der Waals surface area contributed by atoms with Gasteiger partial charge in [0.05, 0.1) is 0 Å². The molecule has 1 aliphatic rings. The van der Waals surface area contributed by atoms with Crippen LogP contribution in [0.4, 0.5) is 0 Å². The van der Waals surface area contributed by atoms with Crippen LogP contribution in [0.1, 0.15) is 52.4 Å². The summed E-state index contributed by atoms with van der Waals surface area (Å²) in [6.07, 6.45) is 5.48. The van der Waals surface area contributed by atoms with E-state index in [-0.39, 0.29) is 19.3 Å². The molecule has 0 aromatic carbocycles. The summed E-state index contributed by atoms with van der Waals surface area (Å²) in [4.78, 5) is 27.4. The Bertz CT molecular complexity index is 428. The van der Waals surface area contributed by atoms with Crippen molar-refractivity contribution in [3.05, 3.63) is 4.98 Å². The molecule has 120 valence electrons. The number of diazo groups is 1. The van der Waals surface area contributed by atoms with Gasteiger partial charge in [-0.2, -0.15) is 0 Å². The number of nitrogens with zero attached hydrogens (tertiary/aromatic N) is 2. The summed E-state index contributed by atoms with van der Waals surface area (Å²) in [5.41, 5.74) is -0.685. The summed E-state index contributed by atoms with van der Waals surface area (Å²) in [7, 11) is -3.94. The van der Waals surface area contributed by atoms with Crippen LogP contribution in [0.25, 0.3) is 4.98 Å². The molecule has 0 spiro atoms. The summed E-state index contributed by atoms with van der Waals surface area (Å²) in [5, 5.41) is 9.03. The number of carbonyl (C=O) groups is 1. The summed E-state index contributed by atoms with van der Waals surface area (Å²) in [6, 6.07) is 0. The Morgan fingerprint density at radius 3 is 2.14 bits per heavy atom. The third-order valence-corrected chi connectivity index (χ3v) is 5.20. The predicted octanol–water partition coefficient (Wildman–Crippen LogP) is 2.43. The largest absolute Gasteiger partial charge is 0.782 e. The van der Waals surface area contributed by atoms with E-state index in [9.17, 15) is 9.69 Å². The van der Waals surface area contributed by atoms with Crippen molar-refractivity contribution in [2.24, 2.45) is 0 Å². The van der Waals surface area contributed by atoms with Crippen LogP contribution < -0.4 is 4.89 Å². The molecule has 0 bridgehead atoms. The van der Waals surface area contributed by atoms with Crippen molar-refractivity contribution in [1.29, 1.82) is 5.39 Å². The van der Waals surface area contributed by atoms with Crippen LogP contribution in [0.3, 0.4) is 0 Å². The van der Waals surface area contributed by atoms with E-state index < -0.39 is 19.0 Å². The zero-order valence-corrected chi connectivity index (χ0v) is 13.5. The Morgan fingerprint density at radius 1 is 1.19 bits per heavy atom. The van der Waals surface area contributed by atoms with Gasteiger partial charge in [0.2, 0.25) is 5.39 Å². The summed E-state index contributed by atoms with van der Waals surface area (Å²) < 4.78 is 15.3. The Morgan fingerprint density at radius 2 is 1.71 bits per heavy atom. The highest BCUT2D eigenvalue weighted by Gasteiger charge is 2.36. The van der Waals surface area contributed by atoms with Crippen molar-refractivity contribution in [3.63, 3.8) is 0 Å². The highest BCUT2D eigenvalue weighted by atomic mass is 31.2. The highest BCUT2D eigenvalue weighted by Crippen LogP contribution is 2.43. The maximum Gasteiger partial charge on any atom is 0.494 e. The highest BCUT2D eigenvalue weighted by molar-refractivity contribution is 7.62. The lowest BCUT2D eigenvalue weighted by Gasteiger charge is -2.26. The number of hydrogen-bond donors (Lipinski definition) is 0. The van der Waals surface area contributed by atoms with Gasteiger partial charge in [-0.25, -0.2) is 4.79 Å². The molecule has 0 amide bonds. The zero-order valence-electron chi connectivity index (χ0n) is 12.6. The summed E-state index contributed by atoms with van der Waals surface area (Å²) in [5.74, 6) is -0.936. The fraction of sp³-hybridized carbons (Fsp3) is 0.846. The Balaban J connectivity index is 2.90. The Kier molecular flexibility index (Phi) is 7.91. The predicted molar refractivity (Wildman–Crippen MR) is 77.8 cm³/mol. The molecule has 1 fully saturated rings. The van der Waals surface area contributed by atoms with Crippen molar-refractivity contribution in [1.82, 2.24) is 0 Å². The maximum absolute atomic E-state index is 12.5. The minimum Gasteiger partial charge on any atom is -0.782 e. The molecule has 1 saturated carbocycles. The van der Waals surface area contributed by atoms with E-state index in [0.717, 1.165) is 38.5 Å². The average Bonchev–Trinajstić information content (AvgIpc) is 2.68. The number of rotatable bonds is 6. The number of carbonyl (C=O) groups excluding carboxylic acids is 1. The minimum absolute atomic E-state index is 0.0625. The standard InChI is InChI=1S/C13H23N2O5P/c1-3-18-21(17,19-4-2)12(15-14)13(16)20-11-9-7-5-6-8-10-11/h11H,3-10H2,1-2H3. The molecular weight excluding hydrogens is 295 g/mol. The van der Waals surface area contributed by atoms with Crippen LogP contribution in [-0.4, -0.2) is 30.7 Å². The molecule has 8 heteroatoms. The molecule has 7 nitrogen and oxygen atoms in total. The van der Waals surface area contributed by atoms with Gasteiger partial charge in [0, 0.05) is 13.2 Å². The van der Waals surface area contributed by atoms with Crippen molar-refractivity contribution in [3.8, 4) is 0 Å². The van der Waals surface area contributed by atoms with E-state index in [1.807, 2.05) is 0 Å². The summed E-state index contributed by atoms with van der Waals surface area (Å²) in [6.45, 7) is 3.34. The van der Waals surface area contributed by atoms with E-state index >= 15 is 0 Å². The van der Waals surface area contributed by atoms with Crippen LogP contribution in [0.5, 0.6) is 0 Å². The molecule has 0 atom stereocenters. The van der Waals surface area contributed by atoms with Gasteiger partial charge in [-0.05, 0) is 39.5 Å². The van der Waals surface area contributed by atoms with Crippen molar-refractivity contribution < 1.29 is 23.5 Å². The average molecular weight is 318 g/mol. The fourth-order valence-electron chi connectivity index (χ4n) is 2.27. The van der Waals surface area contributed by atoms with E-state index in [1.165, 1.54) is 0 Å². The van der Waals surface area contributed by atoms with Gasteiger partial charge in [0.15, 0.2) is 12.5 Å². The molecule has 21 heavy (non-hydrogen) atoms. The van der Waals surface area contributed by atoms with Crippen LogP contribution in [0.2, 0.25) is 0 Å². The SMILES string of the molecule is CCOP([O-])(OCC)=C([N+]#N)C(=O)OC1CCCCCC1. The molecule has 0 radical (unpaired) electrons. The van der Waals surface area contributed by atoms with Crippen LogP contribution >= 0.6 is 7.57 Å². The van der Waals surface area contributed by atoms with Gasteiger partial charge in [0.1, 0.15) is 6.10 Å².